The topological polar surface area (TPSA) is 101 Å². The number of hydrogen-bond acceptors (Lipinski definition) is 5. The van der Waals surface area contributed by atoms with Gasteiger partial charge in [-0.1, -0.05) is 12.5 Å². The summed E-state index contributed by atoms with van der Waals surface area (Å²) in [5, 5.41) is 8.63. The van der Waals surface area contributed by atoms with E-state index >= 15 is 0 Å². The zero-order chi connectivity index (χ0) is 15.0. The van der Waals surface area contributed by atoms with Crippen LogP contribution in [0.3, 0.4) is 0 Å². The van der Waals surface area contributed by atoms with Gasteiger partial charge >= 0.3 is 0 Å². The molecule has 0 radical (unpaired) electrons. The Morgan fingerprint density at radius 2 is 2.00 bits per heavy atom. The number of fused-ring (bicyclic) bond motifs is 1. The van der Waals surface area contributed by atoms with E-state index in [9.17, 15) is 8.42 Å². The monoisotopic (exact) mass is 310 g/mol. The Balaban J connectivity index is 1.82. The Morgan fingerprint density at radius 1 is 1.19 bits per heavy atom. The van der Waals surface area contributed by atoms with Gasteiger partial charge in [0.1, 0.15) is 4.90 Å². The number of nitrogens with one attached hydrogen (secondary N) is 1. The Labute approximate surface area is 125 Å². The van der Waals surface area contributed by atoms with Crippen molar-refractivity contribution < 1.29 is 8.42 Å². The van der Waals surface area contributed by atoms with E-state index in [0.29, 0.717) is 17.8 Å². The zero-order valence-electron chi connectivity index (χ0n) is 12.0. The van der Waals surface area contributed by atoms with Crippen LogP contribution in [0.25, 0.3) is 0 Å². The molecule has 0 bridgehead atoms. The highest BCUT2D eigenvalue weighted by Gasteiger charge is 2.35. The number of benzene rings is 1. The van der Waals surface area contributed by atoms with Crippen molar-refractivity contribution in [2.24, 2.45) is 5.14 Å². The minimum absolute atomic E-state index is 0.00834. The summed E-state index contributed by atoms with van der Waals surface area (Å²) < 4.78 is 23.1. The quantitative estimate of drug-likeness (QED) is 0.722. The van der Waals surface area contributed by atoms with Gasteiger partial charge in [-0.25, -0.2) is 13.6 Å². The van der Waals surface area contributed by atoms with Crippen molar-refractivity contribution >= 4 is 21.4 Å². The highest BCUT2D eigenvalue weighted by Crippen LogP contribution is 2.32. The number of anilines is 2. The molecule has 116 valence electrons. The van der Waals surface area contributed by atoms with Crippen molar-refractivity contribution in [2.45, 2.75) is 42.7 Å². The Bertz CT molecular complexity index is 632. The second-order valence-corrected chi connectivity index (χ2v) is 7.43. The van der Waals surface area contributed by atoms with Crippen molar-refractivity contribution in [3.8, 4) is 0 Å². The molecule has 0 aromatic heterocycles. The number of nitrogens with two attached hydrogens (primary N) is 2. The van der Waals surface area contributed by atoms with E-state index in [1.807, 2.05) is 6.07 Å². The summed E-state index contributed by atoms with van der Waals surface area (Å²) in [5.74, 6) is 0. The molecule has 21 heavy (non-hydrogen) atoms. The van der Waals surface area contributed by atoms with E-state index in [-0.39, 0.29) is 10.6 Å². The first kappa shape index (κ1) is 14.6. The molecule has 2 unspecified atom stereocenters. The highest BCUT2D eigenvalue weighted by molar-refractivity contribution is 7.89. The minimum atomic E-state index is -3.79. The van der Waals surface area contributed by atoms with Gasteiger partial charge in [0, 0.05) is 18.6 Å². The van der Waals surface area contributed by atoms with Crippen LogP contribution in [0.2, 0.25) is 0 Å². The maximum absolute atomic E-state index is 11.5. The van der Waals surface area contributed by atoms with Crippen molar-refractivity contribution in [3.63, 3.8) is 0 Å². The predicted molar refractivity (Wildman–Crippen MR) is 83.5 cm³/mol. The van der Waals surface area contributed by atoms with Crippen LogP contribution >= 0.6 is 0 Å². The van der Waals surface area contributed by atoms with Gasteiger partial charge in [-0.2, -0.15) is 0 Å². The standard InChI is InChI=1S/C14H22N4O2S/c15-14-11(4-3-6-13(14)21(16,19)20)17-10-7-9-18-8-2-1-5-12(10)18/h3-4,6,10,12,17H,1-2,5,7-9,15H2,(H2,16,19,20). The Hall–Kier alpha value is -1.31. The molecule has 5 N–H and O–H groups in total. The fourth-order valence-corrected chi connectivity index (χ4v) is 4.22. The molecule has 2 aliphatic rings. The van der Waals surface area contributed by atoms with Gasteiger partial charge in [-0.15, -0.1) is 0 Å². The minimum Gasteiger partial charge on any atom is -0.396 e. The first-order valence-corrected chi connectivity index (χ1v) is 8.93. The number of piperidine rings is 1. The van der Waals surface area contributed by atoms with Gasteiger partial charge in [-0.05, 0) is 37.9 Å². The number of primary sulfonamides is 1. The SMILES string of the molecule is Nc1c(NC2CCN3CCCCC23)cccc1S(N)(=O)=O. The summed E-state index contributed by atoms with van der Waals surface area (Å²) in [6.07, 6.45) is 4.77. The number of sulfonamides is 1. The number of para-hydroxylation sites is 1. The van der Waals surface area contributed by atoms with Gasteiger partial charge in [-0.3, -0.25) is 4.90 Å². The summed E-state index contributed by atoms with van der Waals surface area (Å²) >= 11 is 0. The first-order valence-electron chi connectivity index (χ1n) is 7.39. The van der Waals surface area contributed by atoms with Crippen molar-refractivity contribution in [2.75, 3.05) is 24.1 Å². The summed E-state index contributed by atoms with van der Waals surface area (Å²) in [6, 6.07) is 5.78. The molecule has 0 spiro atoms. The predicted octanol–water partition coefficient (Wildman–Crippen LogP) is 0.955. The van der Waals surface area contributed by atoms with E-state index in [0.717, 1.165) is 19.5 Å². The average Bonchev–Trinajstić information content (AvgIpc) is 2.83. The third kappa shape index (κ3) is 2.86. The Morgan fingerprint density at radius 3 is 2.76 bits per heavy atom. The molecule has 1 aromatic carbocycles. The van der Waals surface area contributed by atoms with Crippen LogP contribution in [0.15, 0.2) is 23.1 Å². The molecular weight excluding hydrogens is 288 g/mol. The summed E-state index contributed by atoms with van der Waals surface area (Å²) in [4.78, 5) is 2.51. The van der Waals surface area contributed by atoms with Crippen molar-refractivity contribution in [1.29, 1.82) is 0 Å². The molecule has 0 saturated carbocycles. The molecule has 0 aliphatic carbocycles. The van der Waals surface area contributed by atoms with E-state index < -0.39 is 10.0 Å². The summed E-state index contributed by atoms with van der Waals surface area (Å²) in [6.45, 7) is 2.26. The zero-order valence-corrected chi connectivity index (χ0v) is 12.8. The number of nitrogens with zero attached hydrogens (tertiary/aromatic N) is 1. The van der Waals surface area contributed by atoms with Crippen molar-refractivity contribution in [1.82, 2.24) is 4.90 Å². The second kappa shape index (κ2) is 5.47. The molecule has 7 heteroatoms. The van der Waals surface area contributed by atoms with Gasteiger partial charge < -0.3 is 11.1 Å². The molecule has 6 nitrogen and oxygen atoms in total. The molecule has 2 atom stereocenters. The summed E-state index contributed by atoms with van der Waals surface area (Å²) in [7, 11) is -3.79. The van der Waals surface area contributed by atoms with E-state index in [4.69, 9.17) is 10.9 Å². The third-order valence-electron chi connectivity index (χ3n) is 4.57. The van der Waals surface area contributed by atoms with E-state index in [1.54, 1.807) is 6.07 Å². The molecular formula is C14H22N4O2S. The lowest BCUT2D eigenvalue weighted by atomic mass is 9.99. The normalized spacial score (nSPS) is 26.5. The molecule has 0 amide bonds. The number of nitrogen functional groups attached to an aromatic ring is 1. The van der Waals surface area contributed by atoms with E-state index in [1.165, 1.54) is 25.3 Å². The van der Waals surface area contributed by atoms with Crippen LogP contribution in [-0.2, 0) is 10.0 Å². The molecule has 2 aliphatic heterocycles. The molecule has 2 saturated heterocycles. The van der Waals surface area contributed by atoms with Crippen LogP contribution in [0.4, 0.5) is 11.4 Å². The smallest absolute Gasteiger partial charge is 0.240 e. The highest BCUT2D eigenvalue weighted by atomic mass is 32.2. The van der Waals surface area contributed by atoms with E-state index in [2.05, 4.69) is 10.2 Å². The fraction of sp³-hybridized carbons (Fsp3) is 0.571. The van der Waals surface area contributed by atoms with Gasteiger partial charge in [0.15, 0.2) is 0 Å². The second-order valence-electron chi connectivity index (χ2n) is 5.90. The average molecular weight is 310 g/mol. The third-order valence-corrected chi connectivity index (χ3v) is 5.54. The lowest BCUT2D eigenvalue weighted by molar-refractivity contribution is 0.193. The number of rotatable bonds is 3. The molecule has 3 rings (SSSR count). The maximum Gasteiger partial charge on any atom is 0.240 e. The lowest BCUT2D eigenvalue weighted by Crippen LogP contribution is -2.41. The fourth-order valence-electron chi connectivity index (χ4n) is 3.53. The van der Waals surface area contributed by atoms with Crippen molar-refractivity contribution in [3.05, 3.63) is 18.2 Å². The van der Waals surface area contributed by atoms with Crippen LogP contribution in [0.5, 0.6) is 0 Å². The summed E-state index contributed by atoms with van der Waals surface area (Å²) in [5.41, 5.74) is 6.86. The van der Waals surface area contributed by atoms with Gasteiger partial charge in [0.05, 0.1) is 11.4 Å². The first-order chi connectivity index (χ1) is 9.97. The van der Waals surface area contributed by atoms with Gasteiger partial charge in [0.25, 0.3) is 0 Å². The van der Waals surface area contributed by atoms with Gasteiger partial charge in [0.2, 0.25) is 10.0 Å². The molecule has 2 fully saturated rings. The lowest BCUT2D eigenvalue weighted by Gasteiger charge is -2.33. The van der Waals surface area contributed by atoms with Crippen LogP contribution < -0.4 is 16.2 Å². The van der Waals surface area contributed by atoms with Crippen LogP contribution in [0.1, 0.15) is 25.7 Å². The largest absolute Gasteiger partial charge is 0.396 e. The van der Waals surface area contributed by atoms with Crippen LogP contribution in [-0.4, -0.2) is 38.5 Å². The number of hydrogen-bond donors (Lipinski definition) is 3. The molecule has 1 aromatic rings. The Kier molecular flexibility index (Phi) is 3.81. The maximum atomic E-state index is 11.5. The van der Waals surface area contributed by atoms with Crippen LogP contribution in [0, 0.1) is 0 Å². The molecule has 2 heterocycles.